The molecule has 0 saturated carbocycles. The summed E-state index contributed by atoms with van der Waals surface area (Å²) in [6.45, 7) is 15.6. The van der Waals surface area contributed by atoms with Crippen molar-refractivity contribution >= 4 is 22.9 Å². The molecule has 2 aliphatic heterocycles. The third-order valence-corrected chi connectivity index (χ3v) is 6.81. The maximum Gasteiger partial charge on any atom is 0.258 e. The molecule has 1 saturated heterocycles. The van der Waals surface area contributed by atoms with Crippen LogP contribution in [0.15, 0.2) is 67.2 Å². The summed E-state index contributed by atoms with van der Waals surface area (Å²) in [6, 6.07) is 17.5. The average molecular weight is 535 g/mol. The zero-order chi connectivity index (χ0) is 28.7. The topological polar surface area (TPSA) is 47.6 Å². The number of amides is 1. The van der Waals surface area contributed by atoms with Crippen LogP contribution in [0.5, 0.6) is 0 Å². The molecule has 1 amide bonds. The molecule has 39 heavy (non-hydrogen) atoms. The summed E-state index contributed by atoms with van der Waals surface area (Å²) >= 11 is 0. The molecule has 0 aliphatic carbocycles. The molecule has 2 N–H and O–H groups in total. The molecule has 1 fully saturated rings. The van der Waals surface area contributed by atoms with E-state index in [0.29, 0.717) is 39.6 Å². The Morgan fingerprint density at radius 1 is 1.00 bits per heavy atom. The van der Waals surface area contributed by atoms with Crippen molar-refractivity contribution in [2.75, 3.05) is 30.8 Å². The lowest BCUT2D eigenvalue weighted by molar-refractivity contribution is 0.0144. The lowest BCUT2D eigenvalue weighted by Gasteiger charge is -2.49. The van der Waals surface area contributed by atoms with Crippen LogP contribution in [-0.4, -0.2) is 42.1 Å². The van der Waals surface area contributed by atoms with Gasteiger partial charge in [-0.3, -0.25) is 9.69 Å². The first-order valence-electron chi connectivity index (χ1n) is 13.7. The Kier molecular flexibility index (Phi) is 10.2. The molecule has 0 bridgehead atoms. The maximum atomic E-state index is 14.5. The van der Waals surface area contributed by atoms with E-state index < -0.39 is 5.82 Å². The molecule has 5 nitrogen and oxygen atoms in total. The summed E-state index contributed by atoms with van der Waals surface area (Å²) < 4.78 is 28.3. The molecule has 3 aromatic rings. The van der Waals surface area contributed by atoms with Gasteiger partial charge in [0.15, 0.2) is 6.29 Å². The number of halogens is 2. The smallest absolute Gasteiger partial charge is 0.258 e. The van der Waals surface area contributed by atoms with E-state index in [9.17, 15) is 13.6 Å². The van der Waals surface area contributed by atoms with E-state index in [1.54, 1.807) is 24.9 Å². The Morgan fingerprint density at radius 2 is 1.67 bits per heavy atom. The summed E-state index contributed by atoms with van der Waals surface area (Å²) in [5.41, 5.74) is 4.91. The second kappa shape index (κ2) is 13.4. The highest BCUT2D eigenvalue weighted by Gasteiger charge is 2.40. The van der Waals surface area contributed by atoms with Crippen molar-refractivity contribution in [3.05, 3.63) is 101 Å². The number of carbonyl (C=O) groups excluding carboxylic acids is 1. The van der Waals surface area contributed by atoms with E-state index in [1.165, 1.54) is 29.8 Å². The van der Waals surface area contributed by atoms with Crippen LogP contribution in [0.1, 0.15) is 67.6 Å². The lowest BCUT2D eigenvalue weighted by atomic mass is 9.91. The van der Waals surface area contributed by atoms with Crippen LogP contribution in [0.4, 0.5) is 20.2 Å². The van der Waals surface area contributed by atoms with Gasteiger partial charge in [0.05, 0.1) is 11.3 Å². The minimum absolute atomic E-state index is 0.225. The SMILES string of the molecule is C=C(C)c1cc(F)ccc1NCc1cc(F)cc2c1NC(N1CC(c3ccccc3)C1)N(C)C2=O.CC.CC. The van der Waals surface area contributed by atoms with Gasteiger partial charge < -0.3 is 15.5 Å². The largest absolute Gasteiger partial charge is 0.380 e. The molecule has 3 aromatic carbocycles. The summed E-state index contributed by atoms with van der Waals surface area (Å²) in [4.78, 5) is 17.0. The third-order valence-electron chi connectivity index (χ3n) is 6.81. The molecule has 2 heterocycles. The van der Waals surface area contributed by atoms with E-state index in [4.69, 9.17) is 0 Å². The average Bonchev–Trinajstić information content (AvgIpc) is 2.93. The van der Waals surface area contributed by atoms with Gasteiger partial charge in [-0.05, 0) is 54.0 Å². The Hall–Kier alpha value is -3.71. The van der Waals surface area contributed by atoms with Crippen molar-refractivity contribution in [1.82, 2.24) is 9.80 Å². The molecule has 1 atom stereocenters. The maximum absolute atomic E-state index is 14.5. The van der Waals surface area contributed by atoms with Crippen LogP contribution < -0.4 is 10.6 Å². The summed E-state index contributed by atoms with van der Waals surface area (Å²) in [6.07, 6.45) is -0.323. The number of hydrogen-bond acceptors (Lipinski definition) is 4. The molecular weight excluding hydrogens is 494 g/mol. The predicted molar refractivity (Wildman–Crippen MR) is 158 cm³/mol. The number of rotatable bonds is 6. The minimum Gasteiger partial charge on any atom is -0.380 e. The first kappa shape index (κ1) is 29.8. The number of benzene rings is 3. The fourth-order valence-corrected chi connectivity index (χ4v) is 4.87. The number of allylic oxidation sites excluding steroid dienone is 1. The third kappa shape index (κ3) is 6.48. The lowest BCUT2D eigenvalue weighted by Crippen LogP contribution is -2.62. The van der Waals surface area contributed by atoms with Crippen molar-refractivity contribution in [2.45, 2.75) is 53.4 Å². The summed E-state index contributed by atoms with van der Waals surface area (Å²) in [5, 5.41) is 6.75. The Bertz CT molecular complexity index is 1290. The van der Waals surface area contributed by atoms with Crippen molar-refractivity contribution in [2.24, 2.45) is 0 Å². The highest BCUT2D eigenvalue weighted by molar-refractivity contribution is 6.02. The zero-order valence-corrected chi connectivity index (χ0v) is 23.8. The van der Waals surface area contributed by atoms with Gasteiger partial charge in [0.2, 0.25) is 0 Å². The number of likely N-dealkylation sites (tertiary alicyclic amines) is 1. The fourth-order valence-electron chi connectivity index (χ4n) is 4.87. The Labute approximate surface area is 231 Å². The highest BCUT2D eigenvalue weighted by Crippen LogP contribution is 2.36. The molecule has 0 spiro atoms. The van der Waals surface area contributed by atoms with Gasteiger partial charge in [0.1, 0.15) is 11.6 Å². The van der Waals surface area contributed by atoms with Crippen LogP contribution in [0.25, 0.3) is 5.57 Å². The molecule has 5 rings (SSSR count). The molecule has 0 radical (unpaired) electrons. The number of nitrogens with one attached hydrogen (secondary N) is 2. The van der Waals surface area contributed by atoms with Crippen LogP contribution in [0.3, 0.4) is 0 Å². The predicted octanol–water partition coefficient (Wildman–Crippen LogP) is 7.54. The highest BCUT2D eigenvalue weighted by atomic mass is 19.1. The second-order valence-corrected chi connectivity index (χ2v) is 9.31. The Morgan fingerprint density at radius 3 is 2.31 bits per heavy atom. The van der Waals surface area contributed by atoms with Crippen molar-refractivity contribution < 1.29 is 13.6 Å². The van der Waals surface area contributed by atoms with Crippen molar-refractivity contribution in [3.8, 4) is 0 Å². The Balaban J connectivity index is 0.00000100. The summed E-state index contributed by atoms with van der Waals surface area (Å²) in [7, 11) is 1.74. The first-order chi connectivity index (χ1) is 18.8. The second-order valence-electron chi connectivity index (χ2n) is 9.31. The monoisotopic (exact) mass is 534 g/mol. The molecule has 2 aliphatic rings. The van der Waals surface area contributed by atoms with E-state index in [-0.39, 0.29) is 24.6 Å². The van der Waals surface area contributed by atoms with Gasteiger partial charge in [-0.2, -0.15) is 0 Å². The number of hydrogen-bond donors (Lipinski definition) is 2. The van der Waals surface area contributed by atoms with Gasteiger partial charge in [-0.1, -0.05) is 64.6 Å². The minimum atomic E-state index is -0.477. The van der Waals surface area contributed by atoms with Crippen LogP contribution in [0, 0.1) is 11.6 Å². The molecule has 7 heteroatoms. The quantitative estimate of drug-likeness (QED) is 0.343. The molecule has 0 aromatic heterocycles. The van der Waals surface area contributed by atoms with E-state index in [1.807, 2.05) is 45.9 Å². The molecule has 1 unspecified atom stereocenters. The first-order valence-corrected chi connectivity index (χ1v) is 13.7. The molecule has 208 valence electrons. The van der Waals surface area contributed by atoms with Crippen LogP contribution >= 0.6 is 0 Å². The van der Waals surface area contributed by atoms with E-state index in [0.717, 1.165) is 13.1 Å². The zero-order valence-electron chi connectivity index (χ0n) is 23.8. The van der Waals surface area contributed by atoms with Crippen LogP contribution in [-0.2, 0) is 6.54 Å². The van der Waals surface area contributed by atoms with Gasteiger partial charge in [0, 0.05) is 43.9 Å². The van der Waals surface area contributed by atoms with Crippen molar-refractivity contribution in [1.29, 1.82) is 0 Å². The van der Waals surface area contributed by atoms with Gasteiger partial charge >= 0.3 is 0 Å². The normalized spacial score (nSPS) is 16.5. The van der Waals surface area contributed by atoms with Gasteiger partial charge in [-0.15, -0.1) is 0 Å². The number of anilines is 2. The number of fused-ring (bicyclic) bond motifs is 1. The number of carbonyl (C=O) groups is 1. The van der Waals surface area contributed by atoms with Crippen molar-refractivity contribution in [3.63, 3.8) is 0 Å². The van der Waals surface area contributed by atoms with Crippen LogP contribution in [0.2, 0.25) is 0 Å². The molecular formula is C32H40F2N4O. The standard InChI is InChI=1S/C28H28F2N4O.2C2H6/c1-17(2)23-12-21(29)9-10-25(23)31-14-19-11-22(30)13-24-26(19)32-28(33(3)27(24)35)34-15-20(16-34)18-7-5-4-6-8-18;2*1-2/h4-13,20,28,31-32H,1,14-16H2,2-3H3;2*1-2H3. The fraction of sp³-hybridized carbons (Fsp3) is 0.344. The van der Waals surface area contributed by atoms with Gasteiger partial charge in [0.25, 0.3) is 5.91 Å². The van der Waals surface area contributed by atoms with E-state index in [2.05, 4.69) is 34.2 Å². The number of nitrogens with zero attached hydrogens (tertiary/aromatic N) is 2. The van der Waals surface area contributed by atoms with E-state index >= 15 is 0 Å². The summed E-state index contributed by atoms with van der Waals surface area (Å²) in [5.74, 6) is -0.638. The van der Waals surface area contributed by atoms with Gasteiger partial charge in [-0.25, -0.2) is 8.78 Å².